The highest BCUT2D eigenvalue weighted by molar-refractivity contribution is 5.96. The van der Waals surface area contributed by atoms with Crippen LogP contribution in [0.25, 0.3) is 0 Å². The molecular weight excluding hydrogens is 230 g/mol. The first-order chi connectivity index (χ1) is 8.52. The minimum absolute atomic E-state index is 0.0695. The predicted octanol–water partition coefficient (Wildman–Crippen LogP) is 2.53. The number of hydrogen-bond acceptors (Lipinski definition) is 4. The molecule has 1 aromatic rings. The summed E-state index contributed by atoms with van der Waals surface area (Å²) in [7, 11) is 0. The van der Waals surface area contributed by atoms with E-state index in [9.17, 15) is 4.79 Å². The Kier molecular flexibility index (Phi) is 3.36. The van der Waals surface area contributed by atoms with Crippen molar-refractivity contribution in [2.24, 2.45) is 10.9 Å². The normalized spacial score (nSPS) is 22.9. The molecule has 1 heterocycles. The maximum atomic E-state index is 11.7. The third-order valence-corrected chi connectivity index (χ3v) is 3.25. The van der Waals surface area contributed by atoms with Crippen molar-refractivity contribution in [3.05, 3.63) is 35.9 Å². The third kappa shape index (κ3) is 2.37. The summed E-state index contributed by atoms with van der Waals surface area (Å²) >= 11 is 0. The summed E-state index contributed by atoms with van der Waals surface area (Å²) in [4.78, 5) is 16.0. The average molecular weight is 247 g/mol. The van der Waals surface area contributed by atoms with Crippen LogP contribution >= 0.6 is 0 Å². The van der Waals surface area contributed by atoms with E-state index in [0.29, 0.717) is 6.61 Å². The van der Waals surface area contributed by atoms with Gasteiger partial charge in [-0.2, -0.15) is 4.99 Å². The lowest BCUT2D eigenvalue weighted by atomic mass is 9.90. The first-order valence-corrected chi connectivity index (χ1v) is 6.01. The summed E-state index contributed by atoms with van der Waals surface area (Å²) in [6, 6.07) is 9.68. The molecule has 2 rings (SSSR count). The van der Waals surface area contributed by atoms with E-state index in [2.05, 4.69) is 4.99 Å². The molecule has 0 radical (unpaired) electrons. The second kappa shape index (κ2) is 4.80. The fourth-order valence-corrected chi connectivity index (χ4v) is 1.59. The Labute approximate surface area is 107 Å². The van der Waals surface area contributed by atoms with Gasteiger partial charge in [-0.1, -0.05) is 44.2 Å². The number of nitrogens with zero attached hydrogens (tertiary/aromatic N) is 1. The van der Waals surface area contributed by atoms with E-state index in [1.165, 1.54) is 0 Å². The van der Waals surface area contributed by atoms with Gasteiger partial charge in [0.2, 0.25) is 0 Å². The number of ether oxygens (including phenoxy) is 2. The molecule has 4 heteroatoms. The molecule has 1 aliphatic rings. The number of benzene rings is 1. The van der Waals surface area contributed by atoms with Gasteiger partial charge in [-0.15, -0.1) is 0 Å². The molecule has 1 aromatic carbocycles. The number of hydrogen-bond donors (Lipinski definition) is 0. The van der Waals surface area contributed by atoms with Gasteiger partial charge in [0.15, 0.2) is 5.54 Å². The molecule has 1 atom stereocenters. The fraction of sp³-hybridized carbons (Fsp3) is 0.429. The van der Waals surface area contributed by atoms with Crippen LogP contribution in [0.1, 0.15) is 26.3 Å². The highest BCUT2D eigenvalue weighted by atomic mass is 16.7. The summed E-state index contributed by atoms with van der Waals surface area (Å²) in [6.45, 7) is 5.98. The number of carbonyl (C=O) groups is 1. The van der Waals surface area contributed by atoms with Crippen molar-refractivity contribution in [2.75, 3.05) is 0 Å². The second-order valence-electron chi connectivity index (χ2n) is 4.84. The third-order valence-electron chi connectivity index (χ3n) is 3.25. The van der Waals surface area contributed by atoms with Crippen LogP contribution in [-0.2, 0) is 20.9 Å². The molecule has 4 nitrogen and oxygen atoms in total. The Morgan fingerprint density at radius 3 is 2.56 bits per heavy atom. The maximum absolute atomic E-state index is 11.7. The number of aliphatic imine (C=N–C) groups is 1. The van der Waals surface area contributed by atoms with E-state index < -0.39 is 5.54 Å². The SMILES string of the molecule is CC(C)C1(C)N=C(OCc2ccccc2)OC1=O. The molecule has 0 bridgehead atoms. The molecular formula is C14H17NO3. The van der Waals surface area contributed by atoms with Gasteiger partial charge in [-0.25, -0.2) is 4.79 Å². The second-order valence-corrected chi connectivity index (χ2v) is 4.84. The molecule has 18 heavy (non-hydrogen) atoms. The van der Waals surface area contributed by atoms with Gasteiger partial charge in [0.05, 0.1) is 0 Å². The largest absolute Gasteiger partial charge is 0.445 e. The van der Waals surface area contributed by atoms with Crippen LogP contribution in [0.4, 0.5) is 0 Å². The Morgan fingerprint density at radius 2 is 2.00 bits per heavy atom. The number of carbonyl (C=O) groups excluding carboxylic acids is 1. The topological polar surface area (TPSA) is 47.9 Å². The zero-order valence-electron chi connectivity index (χ0n) is 10.8. The Hall–Kier alpha value is -1.84. The molecule has 1 aliphatic heterocycles. The summed E-state index contributed by atoms with van der Waals surface area (Å²) in [6.07, 6.45) is 0.0695. The lowest BCUT2D eigenvalue weighted by Crippen LogP contribution is -2.35. The van der Waals surface area contributed by atoms with Crippen LogP contribution in [0.3, 0.4) is 0 Å². The quantitative estimate of drug-likeness (QED) is 0.771. The molecule has 1 unspecified atom stereocenters. The average Bonchev–Trinajstić information content (AvgIpc) is 2.65. The van der Waals surface area contributed by atoms with Crippen molar-refractivity contribution in [3.8, 4) is 0 Å². The van der Waals surface area contributed by atoms with Gasteiger partial charge >= 0.3 is 12.1 Å². The van der Waals surface area contributed by atoms with Gasteiger partial charge in [-0.3, -0.25) is 0 Å². The Balaban J connectivity index is 2.02. The first-order valence-electron chi connectivity index (χ1n) is 6.01. The van der Waals surface area contributed by atoms with Crippen LogP contribution in [0.15, 0.2) is 35.3 Å². The van der Waals surface area contributed by atoms with Gasteiger partial charge < -0.3 is 9.47 Å². The lowest BCUT2D eigenvalue weighted by Gasteiger charge is -2.19. The molecule has 0 saturated heterocycles. The van der Waals surface area contributed by atoms with Gasteiger partial charge in [0.1, 0.15) is 6.61 Å². The smallest absolute Gasteiger partial charge is 0.392 e. The number of rotatable bonds is 3. The van der Waals surface area contributed by atoms with Crippen molar-refractivity contribution in [3.63, 3.8) is 0 Å². The zero-order valence-corrected chi connectivity index (χ0v) is 10.8. The van der Waals surface area contributed by atoms with Gasteiger partial charge in [-0.05, 0) is 18.4 Å². The molecule has 0 aromatic heterocycles. The number of esters is 1. The Morgan fingerprint density at radius 1 is 1.33 bits per heavy atom. The van der Waals surface area contributed by atoms with Crippen LogP contribution in [0, 0.1) is 5.92 Å². The molecule has 0 saturated carbocycles. The minimum atomic E-state index is -0.827. The summed E-state index contributed by atoms with van der Waals surface area (Å²) in [5.74, 6) is -0.275. The maximum Gasteiger partial charge on any atom is 0.392 e. The molecule has 0 N–H and O–H groups in total. The van der Waals surface area contributed by atoms with Crippen LogP contribution in [0.5, 0.6) is 0 Å². The zero-order chi connectivity index (χ0) is 13.2. The summed E-state index contributed by atoms with van der Waals surface area (Å²) in [5.41, 5.74) is 0.181. The van der Waals surface area contributed by atoms with Crippen molar-refractivity contribution < 1.29 is 14.3 Å². The fourth-order valence-electron chi connectivity index (χ4n) is 1.59. The molecule has 0 fully saturated rings. The molecule has 96 valence electrons. The van der Waals surface area contributed by atoms with Crippen molar-refractivity contribution in [1.82, 2.24) is 0 Å². The predicted molar refractivity (Wildman–Crippen MR) is 68.0 cm³/mol. The standard InChI is InChI=1S/C14H17NO3/c1-10(2)14(3)12(16)18-13(15-14)17-9-11-7-5-4-6-8-11/h4-8,10H,9H2,1-3H3. The first kappa shape index (κ1) is 12.6. The molecule has 0 amide bonds. The van der Waals surface area contributed by atoms with E-state index in [4.69, 9.17) is 9.47 Å². The minimum Gasteiger partial charge on any atom is -0.445 e. The van der Waals surface area contributed by atoms with Gasteiger partial charge in [0, 0.05) is 0 Å². The van der Waals surface area contributed by atoms with E-state index in [-0.39, 0.29) is 18.0 Å². The van der Waals surface area contributed by atoms with E-state index in [1.807, 2.05) is 44.2 Å². The molecule has 0 aliphatic carbocycles. The molecule has 0 spiro atoms. The summed E-state index contributed by atoms with van der Waals surface area (Å²) in [5, 5.41) is 0. The van der Waals surface area contributed by atoms with E-state index >= 15 is 0 Å². The van der Waals surface area contributed by atoms with Crippen molar-refractivity contribution >= 4 is 12.1 Å². The van der Waals surface area contributed by atoms with Gasteiger partial charge in [0.25, 0.3) is 0 Å². The van der Waals surface area contributed by atoms with Crippen LogP contribution in [0.2, 0.25) is 0 Å². The van der Waals surface area contributed by atoms with Crippen LogP contribution < -0.4 is 0 Å². The highest BCUT2D eigenvalue weighted by Gasteiger charge is 2.45. The highest BCUT2D eigenvalue weighted by Crippen LogP contribution is 2.28. The van der Waals surface area contributed by atoms with E-state index in [0.717, 1.165) is 5.56 Å². The number of cyclic esters (lactones) is 1. The van der Waals surface area contributed by atoms with Crippen molar-refractivity contribution in [1.29, 1.82) is 0 Å². The summed E-state index contributed by atoms with van der Waals surface area (Å²) < 4.78 is 10.5. The Bertz CT molecular complexity index is 467. The lowest BCUT2D eigenvalue weighted by molar-refractivity contribution is -0.141. The monoisotopic (exact) mass is 247 g/mol. The van der Waals surface area contributed by atoms with Crippen LogP contribution in [-0.4, -0.2) is 17.6 Å². The van der Waals surface area contributed by atoms with E-state index in [1.54, 1.807) is 6.92 Å². The van der Waals surface area contributed by atoms with Crippen molar-refractivity contribution in [2.45, 2.75) is 32.9 Å².